The third-order valence-electron chi connectivity index (χ3n) is 6.09. The number of hydrogen-bond acceptors (Lipinski definition) is 3. The highest BCUT2D eigenvalue weighted by Gasteiger charge is 2.14. The SMILES string of the molecule is CC(C)c1cc(C(C)C)c2sc3ccccc3c(=O)c2c1.O=C(c1ccccc1)c1ccccc1. The molecule has 0 bridgehead atoms. The van der Waals surface area contributed by atoms with Crippen LogP contribution in [0.1, 0.15) is 66.6 Å². The van der Waals surface area contributed by atoms with Crippen molar-refractivity contribution in [3.63, 3.8) is 0 Å². The van der Waals surface area contributed by atoms with E-state index < -0.39 is 0 Å². The van der Waals surface area contributed by atoms with Gasteiger partial charge in [-0.2, -0.15) is 0 Å². The first-order valence-electron chi connectivity index (χ1n) is 12.0. The van der Waals surface area contributed by atoms with Crippen molar-refractivity contribution in [3.8, 4) is 0 Å². The number of carbonyl (C=O) groups is 1. The molecule has 0 atom stereocenters. The fourth-order valence-electron chi connectivity index (χ4n) is 4.06. The topological polar surface area (TPSA) is 34.1 Å². The van der Waals surface area contributed by atoms with Crippen LogP contribution < -0.4 is 5.43 Å². The molecule has 5 rings (SSSR count). The van der Waals surface area contributed by atoms with Crippen LogP contribution >= 0.6 is 11.3 Å². The minimum atomic E-state index is 0.0752. The van der Waals surface area contributed by atoms with E-state index in [2.05, 4.69) is 39.8 Å². The Balaban J connectivity index is 0.000000179. The smallest absolute Gasteiger partial charge is 0.195 e. The monoisotopic (exact) mass is 478 g/mol. The van der Waals surface area contributed by atoms with E-state index in [-0.39, 0.29) is 11.2 Å². The first-order chi connectivity index (χ1) is 16.9. The molecule has 0 radical (unpaired) electrons. The molecule has 0 unspecified atom stereocenters. The molecule has 35 heavy (non-hydrogen) atoms. The molecule has 176 valence electrons. The third-order valence-corrected chi connectivity index (χ3v) is 7.32. The van der Waals surface area contributed by atoms with Crippen LogP contribution in [0.5, 0.6) is 0 Å². The molecular weight excluding hydrogens is 448 g/mol. The second-order valence-corrected chi connectivity index (χ2v) is 10.3. The summed E-state index contributed by atoms with van der Waals surface area (Å²) in [5.74, 6) is 0.928. The molecule has 0 saturated heterocycles. The Kier molecular flexibility index (Phi) is 7.57. The Morgan fingerprint density at radius 3 is 1.74 bits per heavy atom. The van der Waals surface area contributed by atoms with Crippen molar-refractivity contribution in [1.29, 1.82) is 0 Å². The summed E-state index contributed by atoms with van der Waals surface area (Å²) in [5, 5.41) is 1.72. The molecule has 0 aliphatic heterocycles. The zero-order valence-corrected chi connectivity index (χ0v) is 21.4. The first-order valence-corrected chi connectivity index (χ1v) is 12.8. The van der Waals surface area contributed by atoms with Crippen LogP contribution in [0.25, 0.3) is 20.2 Å². The van der Waals surface area contributed by atoms with Crippen LogP contribution in [0, 0.1) is 0 Å². The number of rotatable bonds is 4. The molecule has 0 N–H and O–H groups in total. The van der Waals surface area contributed by atoms with Gasteiger partial charge in [-0.05, 0) is 41.2 Å². The summed E-state index contributed by atoms with van der Waals surface area (Å²) in [5.41, 5.74) is 4.19. The largest absolute Gasteiger partial charge is 0.289 e. The highest BCUT2D eigenvalue weighted by Crippen LogP contribution is 2.34. The first kappa shape index (κ1) is 24.6. The van der Waals surface area contributed by atoms with Gasteiger partial charge in [0, 0.05) is 31.3 Å². The van der Waals surface area contributed by atoms with Gasteiger partial charge in [0.2, 0.25) is 0 Å². The normalized spacial score (nSPS) is 11.0. The van der Waals surface area contributed by atoms with Gasteiger partial charge < -0.3 is 0 Å². The van der Waals surface area contributed by atoms with Crippen LogP contribution in [0.2, 0.25) is 0 Å². The molecule has 0 amide bonds. The summed E-state index contributed by atoms with van der Waals surface area (Å²) in [4.78, 5) is 24.7. The fraction of sp³-hybridized carbons (Fsp3) is 0.188. The predicted octanol–water partition coefficient (Wildman–Crippen LogP) is 8.58. The van der Waals surface area contributed by atoms with Crippen LogP contribution in [-0.4, -0.2) is 5.78 Å². The minimum Gasteiger partial charge on any atom is -0.289 e. The number of carbonyl (C=O) groups excluding carboxylic acids is 1. The fourth-order valence-corrected chi connectivity index (χ4v) is 5.37. The molecule has 0 fully saturated rings. The summed E-state index contributed by atoms with van der Waals surface area (Å²) in [7, 11) is 0. The van der Waals surface area contributed by atoms with E-state index in [1.165, 1.54) is 11.1 Å². The molecule has 3 heteroatoms. The summed E-state index contributed by atoms with van der Waals surface area (Å²) in [6, 6.07) is 30.9. The summed E-state index contributed by atoms with van der Waals surface area (Å²) >= 11 is 1.74. The number of benzene rings is 4. The van der Waals surface area contributed by atoms with E-state index in [0.29, 0.717) is 11.8 Å². The Morgan fingerprint density at radius 2 is 1.20 bits per heavy atom. The van der Waals surface area contributed by atoms with E-state index in [4.69, 9.17) is 0 Å². The molecule has 0 aliphatic carbocycles. The summed E-state index contributed by atoms with van der Waals surface area (Å²) in [6.45, 7) is 8.76. The van der Waals surface area contributed by atoms with Crippen molar-refractivity contribution in [2.45, 2.75) is 39.5 Å². The molecular formula is C32H30O2S. The van der Waals surface area contributed by atoms with Crippen LogP contribution in [0.4, 0.5) is 0 Å². The second kappa shape index (κ2) is 10.8. The van der Waals surface area contributed by atoms with Crippen molar-refractivity contribution < 1.29 is 4.79 Å². The van der Waals surface area contributed by atoms with E-state index in [0.717, 1.165) is 31.3 Å². The van der Waals surface area contributed by atoms with Crippen molar-refractivity contribution in [2.24, 2.45) is 0 Å². The van der Waals surface area contributed by atoms with E-state index in [1.807, 2.05) is 84.9 Å². The maximum atomic E-state index is 12.8. The maximum Gasteiger partial charge on any atom is 0.195 e. The molecule has 0 saturated carbocycles. The second-order valence-electron chi connectivity index (χ2n) is 9.28. The van der Waals surface area contributed by atoms with E-state index >= 15 is 0 Å². The molecule has 1 heterocycles. The lowest BCUT2D eigenvalue weighted by atomic mass is 9.93. The Bertz CT molecular complexity index is 1470. The van der Waals surface area contributed by atoms with Gasteiger partial charge in [-0.1, -0.05) is 107 Å². The number of hydrogen-bond donors (Lipinski definition) is 0. The van der Waals surface area contributed by atoms with Crippen LogP contribution in [0.3, 0.4) is 0 Å². The lowest BCUT2D eigenvalue weighted by Gasteiger charge is -2.15. The van der Waals surface area contributed by atoms with E-state index in [9.17, 15) is 9.59 Å². The average Bonchev–Trinajstić information content (AvgIpc) is 2.89. The lowest BCUT2D eigenvalue weighted by molar-refractivity contribution is 0.103. The van der Waals surface area contributed by atoms with Gasteiger partial charge in [-0.25, -0.2) is 0 Å². The zero-order chi connectivity index (χ0) is 24.9. The maximum absolute atomic E-state index is 12.8. The van der Waals surface area contributed by atoms with Gasteiger partial charge in [0.15, 0.2) is 11.2 Å². The quantitative estimate of drug-likeness (QED) is 0.191. The molecule has 1 aromatic heterocycles. The molecule has 2 nitrogen and oxygen atoms in total. The van der Waals surface area contributed by atoms with Crippen molar-refractivity contribution in [1.82, 2.24) is 0 Å². The standard InChI is InChI=1S/C19H20OS.C13H10O/c1-11(2)13-9-15(12(3)4)19-16(10-13)18(20)14-7-5-6-8-17(14)21-19;14-13(11-7-3-1-4-8-11)12-9-5-2-6-10-12/h5-12H,1-4H3;1-10H. The minimum absolute atomic E-state index is 0.0752. The van der Waals surface area contributed by atoms with Crippen molar-refractivity contribution in [3.05, 3.63) is 130 Å². The predicted molar refractivity (Wildman–Crippen MR) is 150 cm³/mol. The molecule has 4 aromatic carbocycles. The zero-order valence-electron chi connectivity index (χ0n) is 20.6. The van der Waals surface area contributed by atoms with Crippen LogP contribution in [-0.2, 0) is 0 Å². The molecule has 0 spiro atoms. The highest BCUT2D eigenvalue weighted by molar-refractivity contribution is 7.24. The van der Waals surface area contributed by atoms with Crippen LogP contribution in [0.15, 0.2) is 102 Å². The molecule has 0 aliphatic rings. The summed E-state index contributed by atoms with van der Waals surface area (Å²) < 4.78 is 2.23. The average molecular weight is 479 g/mol. The van der Waals surface area contributed by atoms with Crippen molar-refractivity contribution in [2.75, 3.05) is 0 Å². The Labute approximate surface area is 210 Å². The highest BCUT2D eigenvalue weighted by atomic mass is 32.1. The van der Waals surface area contributed by atoms with Gasteiger partial charge in [-0.15, -0.1) is 11.3 Å². The number of ketones is 1. The van der Waals surface area contributed by atoms with Gasteiger partial charge in [0.05, 0.1) is 0 Å². The van der Waals surface area contributed by atoms with Gasteiger partial charge in [0.1, 0.15) is 0 Å². The van der Waals surface area contributed by atoms with Crippen molar-refractivity contribution >= 4 is 37.3 Å². The van der Waals surface area contributed by atoms with Gasteiger partial charge >= 0.3 is 0 Å². The summed E-state index contributed by atoms with van der Waals surface area (Å²) in [6.07, 6.45) is 0. The Morgan fingerprint density at radius 1 is 0.657 bits per heavy atom. The Hall–Kier alpha value is -3.56. The van der Waals surface area contributed by atoms with E-state index in [1.54, 1.807) is 11.3 Å². The number of fused-ring (bicyclic) bond motifs is 2. The third kappa shape index (κ3) is 5.41. The lowest BCUT2D eigenvalue weighted by Crippen LogP contribution is -2.04. The van der Waals surface area contributed by atoms with Gasteiger partial charge in [0.25, 0.3) is 0 Å². The molecule has 5 aromatic rings. The van der Waals surface area contributed by atoms with Gasteiger partial charge in [-0.3, -0.25) is 9.59 Å².